The Balaban J connectivity index is 1.83. The fraction of sp³-hybridized carbons (Fsp3) is 0.533. The van der Waals surface area contributed by atoms with E-state index in [0.29, 0.717) is 24.9 Å². The van der Waals surface area contributed by atoms with E-state index in [4.69, 9.17) is 5.73 Å². The molecule has 1 saturated heterocycles. The summed E-state index contributed by atoms with van der Waals surface area (Å²) in [4.78, 5) is 14.0. The summed E-state index contributed by atoms with van der Waals surface area (Å²) in [5.74, 6) is 1.04. The highest BCUT2D eigenvalue weighted by Gasteiger charge is 2.27. The van der Waals surface area contributed by atoms with Gasteiger partial charge in [-0.15, -0.1) is 0 Å². The van der Waals surface area contributed by atoms with Gasteiger partial charge in [0.05, 0.1) is 0 Å². The lowest BCUT2D eigenvalue weighted by atomic mass is 9.87. The second kappa shape index (κ2) is 6.57. The Morgan fingerprint density at radius 2 is 2.16 bits per heavy atom. The molecule has 2 atom stereocenters. The molecule has 4 heteroatoms. The summed E-state index contributed by atoms with van der Waals surface area (Å²) in [6.07, 6.45) is 1.04. The van der Waals surface area contributed by atoms with Crippen molar-refractivity contribution in [3.8, 4) is 0 Å². The van der Waals surface area contributed by atoms with Crippen molar-refractivity contribution in [2.24, 2.45) is 17.6 Å². The van der Waals surface area contributed by atoms with E-state index in [1.54, 1.807) is 0 Å². The molecule has 3 N–H and O–H groups in total. The van der Waals surface area contributed by atoms with Crippen LogP contribution in [-0.2, 0) is 6.54 Å². The number of urea groups is 1. The molecule has 1 aromatic rings. The van der Waals surface area contributed by atoms with Gasteiger partial charge in [-0.25, -0.2) is 4.79 Å². The molecule has 1 fully saturated rings. The highest BCUT2D eigenvalue weighted by Crippen LogP contribution is 2.22. The Kier molecular flexibility index (Phi) is 4.80. The lowest BCUT2D eigenvalue weighted by Crippen LogP contribution is -2.49. The number of piperidine rings is 1. The molecule has 0 aliphatic carbocycles. The first-order valence-electron chi connectivity index (χ1n) is 6.97. The van der Waals surface area contributed by atoms with E-state index in [1.165, 1.54) is 0 Å². The Morgan fingerprint density at radius 3 is 2.84 bits per heavy atom. The van der Waals surface area contributed by atoms with Crippen LogP contribution in [0.25, 0.3) is 0 Å². The summed E-state index contributed by atoms with van der Waals surface area (Å²) in [5, 5.41) is 2.97. The molecule has 4 nitrogen and oxygen atoms in total. The van der Waals surface area contributed by atoms with Gasteiger partial charge in [0.2, 0.25) is 0 Å². The van der Waals surface area contributed by atoms with Crippen molar-refractivity contribution < 1.29 is 4.79 Å². The topological polar surface area (TPSA) is 58.4 Å². The molecule has 2 unspecified atom stereocenters. The van der Waals surface area contributed by atoms with Crippen molar-refractivity contribution in [3.05, 3.63) is 35.9 Å². The van der Waals surface area contributed by atoms with Gasteiger partial charge in [0.25, 0.3) is 0 Å². The van der Waals surface area contributed by atoms with E-state index in [9.17, 15) is 4.79 Å². The maximum absolute atomic E-state index is 12.1. The van der Waals surface area contributed by atoms with E-state index in [2.05, 4.69) is 12.2 Å². The van der Waals surface area contributed by atoms with Crippen LogP contribution in [0.15, 0.2) is 30.3 Å². The van der Waals surface area contributed by atoms with Gasteiger partial charge in [0.15, 0.2) is 0 Å². The van der Waals surface area contributed by atoms with Crippen LogP contribution in [0.2, 0.25) is 0 Å². The number of hydrogen-bond donors (Lipinski definition) is 2. The predicted molar refractivity (Wildman–Crippen MR) is 76.6 cm³/mol. The first-order valence-corrected chi connectivity index (χ1v) is 6.97. The van der Waals surface area contributed by atoms with Crippen LogP contribution in [0.5, 0.6) is 0 Å². The van der Waals surface area contributed by atoms with Crippen molar-refractivity contribution in [1.82, 2.24) is 10.2 Å². The number of rotatable bonds is 3. The number of benzene rings is 1. The molecule has 1 aliphatic rings. The minimum atomic E-state index is 0.0224. The second-order valence-electron chi connectivity index (χ2n) is 5.35. The Labute approximate surface area is 115 Å². The van der Waals surface area contributed by atoms with Crippen LogP contribution >= 0.6 is 0 Å². The number of carbonyl (C=O) groups excluding carboxylic acids is 1. The van der Waals surface area contributed by atoms with E-state index < -0.39 is 0 Å². The van der Waals surface area contributed by atoms with Crippen LogP contribution < -0.4 is 11.1 Å². The maximum atomic E-state index is 12.1. The first kappa shape index (κ1) is 13.9. The van der Waals surface area contributed by atoms with Gasteiger partial charge in [0, 0.05) is 19.6 Å². The van der Waals surface area contributed by atoms with Crippen LogP contribution in [-0.4, -0.2) is 30.6 Å². The monoisotopic (exact) mass is 261 g/mol. The molecule has 0 bridgehead atoms. The molecule has 19 heavy (non-hydrogen) atoms. The van der Waals surface area contributed by atoms with E-state index >= 15 is 0 Å². The summed E-state index contributed by atoms with van der Waals surface area (Å²) in [6, 6.07) is 9.99. The summed E-state index contributed by atoms with van der Waals surface area (Å²) in [7, 11) is 0. The number of likely N-dealkylation sites (tertiary alicyclic amines) is 1. The Bertz CT molecular complexity index is 407. The fourth-order valence-corrected chi connectivity index (χ4v) is 2.53. The minimum absolute atomic E-state index is 0.0224. The Hall–Kier alpha value is -1.55. The van der Waals surface area contributed by atoms with Crippen LogP contribution in [0.1, 0.15) is 18.9 Å². The van der Waals surface area contributed by atoms with Gasteiger partial charge in [-0.05, 0) is 30.4 Å². The summed E-state index contributed by atoms with van der Waals surface area (Å²) in [6.45, 7) is 5.07. The molecule has 0 radical (unpaired) electrons. The summed E-state index contributed by atoms with van der Waals surface area (Å²) in [5.41, 5.74) is 6.88. The van der Waals surface area contributed by atoms with Crippen molar-refractivity contribution in [1.29, 1.82) is 0 Å². The zero-order valence-corrected chi connectivity index (χ0v) is 11.5. The zero-order valence-electron chi connectivity index (χ0n) is 11.5. The first-order chi connectivity index (χ1) is 9.20. The molecule has 2 amide bonds. The molecule has 1 aliphatic heterocycles. The van der Waals surface area contributed by atoms with Gasteiger partial charge in [0.1, 0.15) is 0 Å². The number of carbonyl (C=O) groups is 1. The molecule has 2 rings (SSSR count). The maximum Gasteiger partial charge on any atom is 0.317 e. The van der Waals surface area contributed by atoms with Crippen molar-refractivity contribution in [2.75, 3.05) is 19.6 Å². The Morgan fingerprint density at radius 1 is 1.42 bits per heavy atom. The fourth-order valence-electron chi connectivity index (χ4n) is 2.53. The molecule has 0 aromatic heterocycles. The van der Waals surface area contributed by atoms with Crippen LogP contribution in [0, 0.1) is 11.8 Å². The van der Waals surface area contributed by atoms with Gasteiger partial charge >= 0.3 is 6.03 Å². The second-order valence-corrected chi connectivity index (χ2v) is 5.35. The molecule has 0 spiro atoms. The number of nitrogens with two attached hydrogens (primary N) is 1. The number of nitrogens with one attached hydrogen (secondary N) is 1. The number of hydrogen-bond acceptors (Lipinski definition) is 2. The van der Waals surface area contributed by atoms with Crippen LogP contribution in [0.3, 0.4) is 0 Å². The molecule has 1 heterocycles. The third kappa shape index (κ3) is 3.70. The molecular weight excluding hydrogens is 238 g/mol. The van der Waals surface area contributed by atoms with Crippen LogP contribution in [0.4, 0.5) is 4.79 Å². The van der Waals surface area contributed by atoms with Gasteiger partial charge in [-0.2, -0.15) is 0 Å². The SMILES string of the molecule is CC1CCN(C(=O)NCc2ccccc2)CC1CN. The minimum Gasteiger partial charge on any atom is -0.334 e. The number of nitrogens with zero attached hydrogens (tertiary/aromatic N) is 1. The average Bonchev–Trinajstić information content (AvgIpc) is 2.46. The molecule has 1 aromatic carbocycles. The third-order valence-corrected chi connectivity index (χ3v) is 3.99. The largest absolute Gasteiger partial charge is 0.334 e. The van der Waals surface area contributed by atoms with Crippen molar-refractivity contribution in [2.45, 2.75) is 19.9 Å². The highest BCUT2D eigenvalue weighted by molar-refractivity contribution is 5.74. The lowest BCUT2D eigenvalue weighted by molar-refractivity contribution is 0.140. The van der Waals surface area contributed by atoms with Crippen molar-refractivity contribution in [3.63, 3.8) is 0 Å². The molecule has 0 saturated carbocycles. The molecule has 104 valence electrons. The summed E-state index contributed by atoms with van der Waals surface area (Å²) < 4.78 is 0. The highest BCUT2D eigenvalue weighted by atomic mass is 16.2. The van der Waals surface area contributed by atoms with E-state index in [0.717, 1.165) is 25.1 Å². The predicted octanol–water partition coefficient (Wildman–Crippen LogP) is 1.81. The van der Waals surface area contributed by atoms with Crippen molar-refractivity contribution >= 4 is 6.03 Å². The normalized spacial score (nSPS) is 23.2. The van der Waals surface area contributed by atoms with Gasteiger partial charge in [-0.3, -0.25) is 0 Å². The zero-order chi connectivity index (χ0) is 13.7. The molecular formula is C15H23N3O. The van der Waals surface area contributed by atoms with E-state index in [1.807, 2.05) is 35.2 Å². The third-order valence-electron chi connectivity index (χ3n) is 3.99. The average molecular weight is 261 g/mol. The quantitative estimate of drug-likeness (QED) is 0.872. The standard InChI is InChI=1S/C15H23N3O/c1-12-7-8-18(11-14(12)9-16)15(19)17-10-13-5-3-2-4-6-13/h2-6,12,14H,7-11,16H2,1H3,(H,17,19). The smallest absolute Gasteiger partial charge is 0.317 e. The lowest BCUT2D eigenvalue weighted by Gasteiger charge is -2.36. The number of amides is 2. The summed E-state index contributed by atoms with van der Waals surface area (Å²) >= 11 is 0. The van der Waals surface area contributed by atoms with Gasteiger partial charge in [-0.1, -0.05) is 37.3 Å². The van der Waals surface area contributed by atoms with Gasteiger partial charge < -0.3 is 16.0 Å². The van der Waals surface area contributed by atoms with E-state index in [-0.39, 0.29) is 6.03 Å².